The first-order chi connectivity index (χ1) is 8.85. The Morgan fingerprint density at radius 2 is 2.17 bits per heavy atom. The fraction of sp³-hybridized carbons (Fsp3) is 0.600. The van der Waals surface area contributed by atoms with Gasteiger partial charge in [0.05, 0.1) is 12.7 Å². The van der Waals surface area contributed by atoms with Crippen molar-refractivity contribution >= 4 is 0 Å². The highest BCUT2D eigenvalue weighted by Gasteiger charge is 2.25. The van der Waals surface area contributed by atoms with Crippen LogP contribution in [-0.2, 0) is 4.74 Å². The standard InChI is InChI=1S/C15H23NO2/c1-3-16-12-9-10-18-15(11-12)13-7-5-6-8-14(13)17-4-2/h5-8,12,15-16H,3-4,9-11H2,1-2H3. The van der Waals surface area contributed by atoms with Crippen LogP contribution in [0.25, 0.3) is 0 Å². The van der Waals surface area contributed by atoms with Gasteiger partial charge in [-0.3, -0.25) is 0 Å². The number of rotatable bonds is 5. The maximum Gasteiger partial charge on any atom is 0.125 e. The molecule has 1 aliphatic rings. The molecule has 18 heavy (non-hydrogen) atoms. The van der Waals surface area contributed by atoms with Crippen LogP contribution in [0.1, 0.15) is 38.4 Å². The highest BCUT2D eigenvalue weighted by atomic mass is 16.5. The third-order valence-electron chi connectivity index (χ3n) is 3.34. The smallest absolute Gasteiger partial charge is 0.125 e. The van der Waals surface area contributed by atoms with E-state index in [0.29, 0.717) is 12.6 Å². The molecule has 0 radical (unpaired) electrons. The number of hydrogen-bond donors (Lipinski definition) is 1. The van der Waals surface area contributed by atoms with E-state index in [0.717, 1.165) is 31.7 Å². The first-order valence-corrected chi connectivity index (χ1v) is 6.91. The van der Waals surface area contributed by atoms with Crippen LogP contribution in [-0.4, -0.2) is 25.8 Å². The molecule has 1 heterocycles. The summed E-state index contributed by atoms with van der Waals surface area (Å²) in [6.07, 6.45) is 2.28. The summed E-state index contributed by atoms with van der Waals surface area (Å²) in [5, 5.41) is 3.51. The summed E-state index contributed by atoms with van der Waals surface area (Å²) in [6, 6.07) is 8.77. The van der Waals surface area contributed by atoms with E-state index in [1.165, 1.54) is 5.56 Å². The maximum atomic E-state index is 5.91. The highest BCUT2D eigenvalue weighted by Crippen LogP contribution is 2.33. The average Bonchev–Trinajstić information content (AvgIpc) is 2.40. The number of benzene rings is 1. The zero-order valence-electron chi connectivity index (χ0n) is 11.3. The molecule has 1 fully saturated rings. The molecule has 0 aromatic heterocycles. The van der Waals surface area contributed by atoms with Crippen molar-refractivity contribution in [3.05, 3.63) is 29.8 Å². The summed E-state index contributed by atoms with van der Waals surface area (Å²) >= 11 is 0. The summed E-state index contributed by atoms with van der Waals surface area (Å²) in [4.78, 5) is 0. The van der Waals surface area contributed by atoms with Crippen LogP contribution in [0.15, 0.2) is 24.3 Å². The van der Waals surface area contributed by atoms with Crippen molar-refractivity contribution < 1.29 is 9.47 Å². The lowest BCUT2D eigenvalue weighted by atomic mass is 9.97. The highest BCUT2D eigenvalue weighted by molar-refractivity contribution is 5.35. The van der Waals surface area contributed by atoms with Gasteiger partial charge in [0.25, 0.3) is 0 Å². The third-order valence-corrected chi connectivity index (χ3v) is 3.34. The maximum absolute atomic E-state index is 5.91. The molecule has 1 aromatic carbocycles. The Bertz CT molecular complexity index is 365. The molecule has 0 saturated carbocycles. The van der Waals surface area contributed by atoms with E-state index in [9.17, 15) is 0 Å². The molecule has 2 rings (SSSR count). The normalized spacial score (nSPS) is 23.9. The van der Waals surface area contributed by atoms with Crippen LogP contribution >= 0.6 is 0 Å². The minimum Gasteiger partial charge on any atom is -0.493 e. The molecule has 100 valence electrons. The first kappa shape index (κ1) is 13.4. The number of hydrogen-bond acceptors (Lipinski definition) is 3. The number of para-hydroxylation sites is 1. The fourth-order valence-corrected chi connectivity index (χ4v) is 2.52. The Balaban J connectivity index is 2.10. The van der Waals surface area contributed by atoms with Gasteiger partial charge in [0.1, 0.15) is 5.75 Å². The molecule has 0 spiro atoms. The molecule has 1 aromatic rings. The van der Waals surface area contributed by atoms with Gasteiger partial charge in [0, 0.05) is 18.2 Å². The molecular formula is C15H23NO2. The summed E-state index contributed by atoms with van der Waals surface area (Å²) < 4.78 is 11.6. The van der Waals surface area contributed by atoms with Crippen molar-refractivity contribution in [2.75, 3.05) is 19.8 Å². The molecule has 2 unspecified atom stereocenters. The molecular weight excluding hydrogens is 226 g/mol. The van der Waals surface area contributed by atoms with Gasteiger partial charge in [0.2, 0.25) is 0 Å². The predicted octanol–water partition coefficient (Wildman–Crippen LogP) is 2.91. The molecule has 2 atom stereocenters. The van der Waals surface area contributed by atoms with Crippen molar-refractivity contribution in [3.8, 4) is 5.75 Å². The lowest BCUT2D eigenvalue weighted by Gasteiger charge is -2.31. The number of ether oxygens (including phenoxy) is 2. The SMILES string of the molecule is CCNC1CCOC(c2ccccc2OCC)C1. The summed E-state index contributed by atoms with van der Waals surface area (Å²) in [5.74, 6) is 0.960. The lowest BCUT2D eigenvalue weighted by Crippen LogP contribution is -2.36. The van der Waals surface area contributed by atoms with Crippen LogP contribution in [0.2, 0.25) is 0 Å². The Labute approximate surface area is 109 Å². The molecule has 1 aliphatic heterocycles. The fourth-order valence-electron chi connectivity index (χ4n) is 2.52. The van der Waals surface area contributed by atoms with E-state index in [1.807, 2.05) is 19.1 Å². The second-order valence-electron chi connectivity index (χ2n) is 4.61. The Kier molecular flexibility index (Phi) is 5.02. The second-order valence-corrected chi connectivity index (χ2v) is 4.61. The van der Waals surface area contributed by atoms with Gasteiger partial charge >= 0.3 is 0 Å². The van der Waals surface area contributed by atoms with Crippen LogP contribution in [0.3, 0.4) is 0 Å². The zero-order valence-corrected chi connectivity index (χ0v) is 11.3. The lowest BCUT2D eigenvalue weighted by molar-refractivity contribution is -0.000841. The van der Waals surface area contributed by atoms with E-state index in [2.05, 4.69) is 24.4 Å². The molecule has 3 nitrogen and oxygen atoms in total. The van der Waals surface area contributed by atoms with Gasteiger partial charge in [-0.2, -0.15) is 0 Å². The predicted molar refractivity (Wildman–Crippen MR) is 73.0 cm³/mol. The summed E-state index contributed by atoms with van der Waals surface area (Å²) in [6.45, 7) is 6.70. The van der Waals surface area contributed by atoms with E-state index >= 15 is 0 Å². The van der Waals surface area contributed by atoms with Gasteiger partial charge < -0.3 is 14.8 Å². The van der Waals surface area contributed by atoms with Gasteiger partial charge in [-0.15, -0.1) is 0 Å². The van der Waals surface area contributed by atoms with Crippen molar-refractivity contribution in [1.29, 1.82) is 0 Å². The van der Waals surface area contributed by atoms with Crippen molar-refractivity contribution in [2.45, 2.75) is 38.8 Å². The van der Waals surface area contributed by atoms with Crippen molar-refractivity contribution in [2.24, 2.45) is 0 Å². The van der Waals surface area contributed by atoms with Crippen molar-refractivity contribution in [1.82, 2.24) is 5.32 Å². The molecule has 1 saturated heterocycles. The first-order valence-electron chi connectivity index (χ1n) is 6.91. The van der Waals surface area contributed by atoms with E-state index in [4.69, 9.17) is 9.47 Å². The van der Waals surface area contributed by atoms with Crippen LogP contribution in [0.5, 0.6) is 5.75 Å². The van der Waals surface area contributed by atoms with Crippen LogP contribution < -0.4 is 10.1 Å². The van der Waals surface area contributed by atoms with Gasteiger partial charge in [-0.25, -0.2) is 0 Å². The van der Waals surface area contributed by atoms with Gasteiger partial charge in [-0.1, -0.05) is 25.1 Å². The monoisotopic (exact) mass is 249 g/mol. The molecule has 3 heteroatoms. The Hall–Kier alpha value is -1.06. The summed E-state index contributed by atoms with van der Waals surface area (Å²) in [5.41, 5.74) is 1.18. The van der Waals surface area contributed by atoms with E-state index in [1.54, 1.807) is 0 Å². The second kappa shape index (κ2) is 6.76. The van der Waals surface area contributed by atoms with Crippen LogP contribution in [0, 0.1) is 0 Å². The summed E-state index contributed by atoms with van der Waals surface area (Å²) in [7, 11) is 0. The number of nitrogens with one attached hydrogen (secondary N) is 1. The van der Waals surface area contributed by atoms with E-state index < -0.39 is 0 Å². The third kappa shape index (κ3) is 3.24. The van der Waals surface area contributed by atoms with Crippen molar-refractivity contribution in [3.63, 3.8) is 0 Å². The molecule has 1 N–H and O–H groups in total. The molecule has 0 amide bonds. The minimum absolute atomic E-state index is 0.158. The topological polar surface area (TPSA) is 30.5 Å². The van der Waals surface area contributed by atoms with Gasteiger partial charge in [0.15, 0.2) is 0 Å². The minimum atomic E-state index is 0.158. The van der Waals surface area contributed by atoms with E-state index in [-0.39, 0.29) is 6.10 Å². The van der Waals surface area contributed by atoms with Crippen LogP contribution in [0.4, 0.5) is 0 Å². The Morgan fingerprint density at radius 1 is 1.33 bits per heavy atom. The molecule has 0 aliphatic carbocycles. The van der Waals surface area contributed by atoms with Gasteiger partial charge in [-0.05, 0) is 32.4 Å². The molecule has 0 bridgehead atoms. The Morgan fingerprint density at radius 3 is 2.94 bits per heavy atom. The largest absolute Gasteiger partial charge is 0.493 e. The zero-order chi connectivity index (χ0) is 12.8. The quantitative estimate of drug-likeness (QED) is 0.870. The average molecular weight is 249 g/mol.